The molecule has 0 heterocycles. The molecular formula is C8H7ClN2O2. The van der Waals surface area contributed by atoms with Crippen LogP contribution in [0, 0.1) is 0 Å². The van der Waals surface area contributed by atoms with E-state index in [1.807, 2.05) is 0 Å². The lowest BCUT2D eigenvalue weighted by Gasteiger charge is -2.02. The van der Waals surface area contributed by atoms with Crippen molar-refractivity contribution in [2.75, 3.05) is 0 Å². The van der Waals surface area contributed by atoms with Gasteiger partial charge >= 0.3 is 0 Å². The van der Waals surface area contributed by atoms with Crippen LogP contribution in [-0.2, 0) is 0 Å². The van der Waals surface area contributed by atoms with Gasteiger partial charge in [0.2, 0.25) is 11.8 Å². The Morgan fingerprint density at radius 1 is 1.08 bits per heavy atom. The Kier molecular flexibility index (Phi) is 2.53. The SMILES string of the molecule is NC(=O)c1cccc(C(N)=O)c1Cl. The number of benzene rings is 1. The zero-order valence-electron chi connectivity index (χ0n) is 6.58. The molecule has 1 aromatic carbocycles. The van der Waals surface area contributed by atoms with E-state index >= 15 is 0 Å². The lowest BCUT2D eigenvalue weighted by Crippen LogP contribution is -2.16. The first kappa shape index (κ1) is 9.54. The molecule has 0 atom stereocenters. The summed E-state index contributed by atoms with van der Waals surface area (Å²) in [5.41, 5.74) is 10.2. The fourth-order valence-electron chi connectivity index (χ4n) is 0.913. The molecule has 2 amide bonds. The fourth-order valence-corrected chi connectivity index (χ4v) is 1.22. The summed E-state index contributed by atoms with van der Waals surface area (Å²) in [6, 6.07) is 4.35. The first-order chi connectivity index (χ1) is 6.04. The van der Waals surface area contributed by atoms with Gasteiger partial charge in [-0.05, 0) is 12.1 Å². The fraction of sp³-hybridized carbons (Fsp3) is 0. The van der Waals surface area contributed by atoms with E-state index in [1.54, 1.807) is 0 Å². The topological polar surface area (TPSA) is 86.2 Å². The number of hydrogen-bond acceptors (Lipinski definition) is 2. The molecule has 0 aliphatic rings. The molecule has 1 rings (SSSR count). The summed E-state index contributed by atoms with van der Waals surface area (Å²) in [6.07, 6.45) is 0. The van der Waals surface area contributed by atoms with Gasteiger partial charge in [-0.15, -0.1) is 0 Å². The second-order valence-corrected chi connectivity index (χ2v) is 2.77. The van der Waals surface area contributed by atoms with Crippen molar-refractivity contribution in [3.63, 3.8) is 0 Å². The maximum Gasteiger partial charge on any atom is 0.250 e. The summed E-state index contributed by atoms with van der Waals surface area (Å²) in [4.78, 5) is 21.6. The van der Waals surface area contributed by atoms with Gasteiger partial charge in [-0.25, -0.2) is 0 Å². The number of amides is 2. The average Bonchev–Trinajstić information content (AvgIpc) is 2.03. The van der Waals surface area contributed by atoms with Gasteiger partial charge in [0.25, 0.3) is 0 Å². The van der Waals surface area contributed by atoms with E-state index in [-0.39, 0.29) is 16.1 Å². The molecule has 13 heavy (non-hydrogen) atoms. The monoisotopic (exact) mass is 198 g/mol. The maximum absolute atomic E-state index is 10.8. The molecule has 0 fully saturated rings. The van der Waals surface area contributed by atoms with E-state index in [0.717, 1.165) is 0 Å². The predicted octanol–water partition coefficient (Wildman–Crippen LogP) is 0.538. The molecule has 0 aliphatic carbocycles. The lowest BCUT2D eigenvalue weighted by atomic mass is 10.1. The van der Waals surface area contributed by atoms with Gasteiger partial charge in [-0.3, -0.25) is 9.59 Å². The van der Waals surface area contributed by atoms with Crippen molar-refractivity contribution in [2.45, 2.75) is 0 Å². The Hall–Kier alpha value is -1.55. The van der Waals surface area contributed by atoms with E-state index in [1.165, 1.54) is 18.2 Å². The van der Waals surface area contributed by atoms with Gasteiger partial charge in [0, 0.05) is 0 Å². The predicted molar refractivity (Wildman–Crippen MR) is 48.5 cm³/mol. The zero-order chi connectivity index (χ0) is 10.0. The summed E-state index contributed by atoms with van der Waals surface area (Å²) in [5, 5.41) is 0.00231. The largest absolute Gasteiger partial charge is 0.366 e. The van der Waals surface area contributed by atoms with Crippen molar-refractivity contribution >= 4 is 23.4 Å². The van der Waals surface area contributed by atoms with Gasteiger partial charge in [-0.1, -0.05) is 17.7 Å². The summed E-state index contributed by atoms with van der Waals surface area (Å²) in [7, 11) is 0. The highest BCUT2D eigenvalue weighted by atomic mass is 35.5. The summed E-state index contributed by atoms with van der Waals surface area (Å²) in [5.74, 6) is -1.37. The van der Waals surface area contributed by atoms with E-state index < -0.39 is 11.8 Å². The number of primary amides is 2. The molecule has 1 aromatic rings. The molecule has 4 nitrogen and oxygen atoms in total. The molecule has 0 saturated heterocycles. The number of nitrogens with two attached hydrogens (primary N) is 2. The summed E-state index contributed by atoms with van der Waals surface area (Å²) < 4.78 is 0. The van der Waals surface area contributed by atoms with Gasteiger partial charge < -0.3 is 11.5 Å². The molecule has 0 radical (unpaired) electrons. The second-order valence-electron chi connectivity index (χ2n) is 2.40. The second kappa shape index (κ2) is 3.45. The van der Waals surface area contributed by atoms with Crippen molar-refractivity contribution in [3.05, 3.63) is 34.3 Å². The molecule has 0 saturated carbocycles. The number of hydrogen-bond donors (Lipinski definition) is 2. The normalized spacial score (nSPS) is 9.62. The minimum absolute atomic E-state index is 0.00231. The van der Waals surface area contributed by atoms with Crippen LogP contribution < -0.4 is 11.5 Å². The highest BCUT2D eigenvalue weighted by Gasteiger charge is 2.13. The maximum atomic E-state index is 10.8. The highest BCUT2D eigenvalue weighted by molar-refractivity contribution is 6.36. The lowest BCUT2D eigenvalue weighted by molar-refractivity contribution is 0.0999. The molecular weight excluding hydrogens is 192 g/mol. The smallest absolute Gasteiger partial charge is 0.250 e. The molecule has 0 aromatic heterocycles. The summed E-state index contributed by atoms with van der Waals surface area (Å²) in [6.45, 7) is 0. The van der Waals surface area contributed by atoms with Crippen molar-refractivity contribution in [1.29, 1.82) is 0 Å². The third-order valence-corrected chi connectivity index (χ3v) is 1.94. The number of carbonyl (C=O) groups excluding carboxylic acids is 2. The zero-order valence-corrected chi connectivity index (χ0v) is 7.34. The van der Waals surface area contributed by atoms with Crippen LogP contribution in [-0.4, -0.2) is 11.8 Å². The standard InChI is InChI=1S/C8H7ClN2O2/c9-6-4(7(10)12)2-1-3-5(6)8(11)13/h1-3H,(H2,10,12)(H2,11,13). The Morgan fingerprint density at radius 2 is 1.46 bits per heavy atom. The van der Waals surface area contributed by atoms with Crippen LogP contribution in [0.5, 0.6) is 0 Å². The van der Waals surface area contributed by atoms with Crippen LogP contribution in [0.15, 0.2) is 18.2 Å². The van der Waals surface area contributed by atoms with Gasteiger partial charge in [-0.2, -0.15) is 0 Å². The minimum atomic E-state index is -0.687. The van der Waals surface area contributed by atoms with Crippen molar-refractivity contribution < 1.29 is 9.59 Å². The van der Waals surface area contributed by atoms with Crippen LogP contribution in [0.2, 0.25) is 5.02 Å². The molecule has 68 valence electrons. The first-order valence-corrected chi connectivity index (χ1v) is 3.80. The quantitative estimate of drug-likeness (QED) is 0.727. The Balaban J connectivity index is 3.35. The van der Waals surface area contributed by atoms with Crippen LogP contribution in [0.3, 0.4) is 0 Å². The third-order valence-electron chi connectivity index (χ3n) is 1.53. The summed E-state index contributed by atoms with van der Waals surface area (Å²) >= 11 is 5.70. The Bertz CT molecular complexity index is 344. The molecule has 4 N–H and O–H groups in total. The first-order valence-electron chi connectivity index (χ1n) is 3.42. The van der Waals surface area contributed by atoms with Crippen molar-refractivity contribution in [2.24, 2.45) is 11.5 Å². The Labute approximate surface area is 79.5 Å². The Morgan fingerprint density at radius 3 is 1.77 bits per heavy atom. The van der Waals surface area contributed by atoms with Crippen molar-refractivity contribution in [3.8, 4) is 0 Å². The molecule has 0 unspecified atom stereocenters. The number of rotatable bonds is 2. The number of carbonyl (C=O) groups is 2. The highest BCUT2D eigenvalue weighted by Crippen LogP contribution is 2.19. The van der Waals surface area contributed by atoms with E-state index in [4.69, 9.17) is 23.1 Å². The average molecular weight is 199 g/mol. The van der Waals surface area contributed by atoms with Gasteiger partial charge in [0.1, 0.15) is 0 Å². The molecule has 0 bridgehead atoms. The number of halogens is 1. The van der Waals surface area contributed by atoms with Crippen LogP contribution in [0.4, 0.5) is 0 Å². The van der Waals surface area contributed by atoms with Crippen LogP contribution >= 0.6 is 11.6 Å². The van der Waals surface area contributed by atoms with Crippen LogP contribution in [0.25, 0.3) is 0 Å². The van der Waals surface area contributed by atoms with E-state index in [0.29, 0.717) is 0 Å². The minimum Gasteiger partial charge on any atom is -0.366 e. The molecule has 0 spiro atoms. The molecule has 0 aliphatic heterocycles. The van der Waals surface area contributed by atoms with Gasteiger partial charge in [0.15, 0.2) is 0 Å². The van der Waals surface area contributed by atoms with E-state index in [9.17, 15) is 9.59 Å². The van der Waals surface area contributed by atoms with Gasteiger partial charge in [0.05, 0.1) is 16.1 Å². The van der Waals surface area contributed by atoms with E-state index in [2.05, 4.69) is 0 Å². The van der Waals surface area contributed by atoms with Crippen LogP contribution in [0.1, 0.15) is 20.7 Å². The molecule has 5 heteroatoms. The van der Waals surface area contributed by atoms with Crippen molar-refractivity contribution in [1.82, 2.24) is 0 Å². The third kappa shape index (κ3) is 1.78.